The number of amides is 2. The average molecular weight is 614 g/mol. The molecule has 0 saturated carbocycles. The van der Waals surface area contributed by atoms with Crippen molar-refractivity contribution in [2.24, 2.45) is 17.8 Å². The molecule has 6 rings (SSSR count). The first kappa shape index (κ1) is 29.7. The summed E-state index contributed by atoms with van der Waals surface area (Å²) in [7, 11) is 0. The zero-order chi connectivity index (χ0) is 31.0. The number of rotatable bonds is 9. The van der Waals surface area contributed by atoms with Crippen molar-refractivity contribution < 1.29 is 24.4 Å². The van der Waals surface area contributed by atoms with E-state index in [0.717, 1.165) is 40.1 Å². The van der Waals surface area contributed by atoms with Crippen molar-refractivity contribution in [1.82, 2.24) is 4.98 Å². The maximum absolute atomic E-state index is 13.9. The molecule has 2 saturated heterocycles. The molecule has 0 unspecified atom stereocenters. The van der Waals surface area contributed by atoms with Crippen molar-refractivity contribution in [3.05, 3.63) is 104 Å². The number of allylic oxidation sites excluding steroid dienone is 2. The monoisotopic (exact) mass is 613 g/mol. The maximum Gasteiger partial charge on any atom is 0.271 e. The fourth-order valence-corrected chi connectivity index (χ4v) is 7.18. The molecule has 1 N–H and O–H groups in total. The van der Waals surface area contributed by atoms with Crippen molar-refractivity contribution in [3.63, 3.8) is 0 Å². The lowest BCUT2D eigenvalue weighted by atomic mass is 9.68. The molecule has 0 radical (unpaired) electrons. The van der Waals surface area contributed by atoms with Gasteiger partial charge in [0.2, 0.25) is 11.8 Å². The zero-order valence-electron chi connectivity index (χ0n) is 24.2. The Balaban J connectivity index is 1.29. The normalized spacial score (nSPS) is 23.2. The third-order valence-electron chi connectivity index (χ3n) is 8.84. The maximum atomic E-state index is 13.9. The number of carbonyl (C=O) groups excluding carboxylic acids is 2. The molecule has 2 aliphatic heterocycles. The molecule has 2 fully saturated rings. The molecule has 9 nitrogen and oxygen atoms in total. The molecule has 226 valence electrons. The van der Waals surface area contributed by atoms with E-state index >= 15 is 0 Å². The van der Waals surface area contributed by atoms with Crippen LogP contribution in [0.15, 0.2) is 78.0 Å². The highest BCUT2D eigenvalue weighted by Crippen LogP contribution is 2.51. The Morgan fingerprint density at radius 3 is 2.70 bits per heavy atom. The number of aromatic hydroxyl groups is 1. The Bertz CT molecular complexity index is 1690. The number of nitro groups is 1. The number of nitrogens with zero attached hydrogens (tertiary/aromatic N) is 3. The largest absolute Gasteiger partial charge is 0.508 e. The van der Waals surface area contributed by atoms with Crippen molar-refractivity contribution in [2.75, 3.05) is 11.5 Å². The van der Waals surface area contributed by atoms with E-state index in [4.69, 9.17) is 16.3 Å². The molecular weight excluding hydrogens is 582 g/mol. The Hall–Kier alpha value is -4.34. The lowest BCUT2D eigenvalue weighted by Gasteiger charge is -2.32. The van der Waals surface area contributed by atoms with Gasteiger partial charge in [-0.25, -0.2) is 4.90 Å². The summed E-state index contributed by atoms with van der Waals surface area (Å²) in [6.45, 7) is 2.43. The molecule has 10 heteroatoms. The lowest BCUT2D eigenvalue weighted by Crippen LogP contribution is -2.34. The second-order valence-corrected chi connectivity index (χ2v) is 11.9. The minimum absolute atomic E-state index is 0.0897. The number of carbonyl (C=O) groups is 2. The summed E-state index contributed by atoms with van der Waals surface area (Å²) in [6, 6.07) is 16.3. The van der Waals surface area contributed by atoms with Crippen LogP contribution in [-0.4, -0.2) is 39.5 Å². The van der Waals surface area contributed by atoms with E-state index in [1.165, 1.54) is 29.8 Å². The Morgan fingerprint density at radius 2 is 1.98 bits per heavy atom. The van der Waals surface area contributed by atoms with Gasteiger partial charge in [0.05, 0.1) is 45.9 Å². The fourth-order valence-electron chi connectivity index (χ4n) is 6.95. The summed E-state index contributed by atoms with van der Waals surface area (Å²) in [5.41, 5.74) is 4.89. The first-order valence-corrected chi connectivity index (χ1v) is 15.2. The molecule has 2 amide bonds. The number of halogens is 1. The van der Waals surface area contributed by atoms with Crippen LogP contribution in [0.25, 0.3) is 11.6 Å². The third-order valence-corrected chi connectivity index (χ3v) is 9.17. The van der Waals surface area contributed by atoms with Crippen LogP contribution in [0.4, 0.5) is 11.4 Å². The number of ether oxygens (including phenoxy) is 1. The van der Waals surface area contributed by atoms with Gasteiger partial charge in [-0.1, -0.05) is 42.7 Å². The third kappa shape index (κ3) is 5.53. The highest BCUT2D eigenvalue weighted by atomic mass is 35.5. The summed E-state index contributed by atoms with van der Waals surface area (Å²) in [5, 5.41) is 21.6. The van der Waals surface area contributed by atoms with E-state index < -0.39 is 16.8 Å². The number of nitro benzene ring substituents is 1. The molecule has 2 aromatic carbocycles. The van der Waals surface area contributed by atoms with E-state index in [2.05, 4.69) is 11.9 Å². The van der Waals surface area contributed by atoms with Gasteiger partial charge in [-0.3, -0.25) is 24.7 Å². The predicted octanol–water partition coefficient (Wildman–Crippen LogP) is 6.99. The van der Waals surface area contributed by atoms with Gasteiger partial charge in [-0.05, 0) is 84.9 Å². The molecule has 0 spiro atoms. The average Bonchev–Trinajstić information content (AvgIpc) is 3.55. The number of anilines is 1. The van der Waals surface area contributed by atoms with Gasteiger partial charge in [-0.2, -0.15) is 0 Å². The highest BCUT2D eigenvalue weighted by molar-refractivity contribution is 6.32. The molecule has 44 heavy (non-hydrogen) atoms. The number of phenols is 1. The quantitative estimate of drug-likeness (QED) is 0.119. The number of aromatic nitrogens is 1. The number of fused-ring (bicyclic) bond motifs is 3. The van der Waals surface area contributed by atoms with Crippen LogP contribution in [-0.2, 0) is 14.3 Å². The molecule has 1 aromatic heterocycles. The van der Waals surface area contributed by atoms with Gasteiger partial charge >= 0.3 is 0 Å². The molecule has 3 aromatic rings. The predicted molar refractivity (Wildman–Crippen MR) is 167 cm³/mol. The van der Waals surface area contributed by atoms with E-state index in [1.807, 2.05) is 24.3 Å². The van der Waals surface area contributed by atoms with E-state index in [-0.39, 0.29) is 41.0 Å². The Labute approximate surface area is 260 Å². The number of hydrogen-bond donors (Lipinski definition) is 1. The summed E-state index contributed by atoms with van der Waals surface area (Å²) in [4.78, 5) is 44.1. The summed E-state index contributed by atoms with van der Waals surface area (Å²) in [6.07, 6.45) is 6.93. The van der Waals surface area contributed by atoms with Crippen LogP contribution in [0.2, 0.25) is 5.02 Å². The zero-order valence-corrected chi connectivity index (χ0v) is 24.9. The summed E-state index contributed by atoms with van der Waals surface area (Å²) in [5.74, 6) is -1.84. The topological polar surface area (TPSA) is 123 Å². The van der Waals surface area contributed by atoms with Crippen LogP contribution in [0.5, 0.6) is 5.75 Å². The van der Waals surface area contributed by atoms with Gasteiger partial charge in [-0.15, -0.1) is 0 Å². The van der Waals surface area contributed by atoms with Crippen LogP contribution in [0.1, 0.15) is 50.3 Å². The van der Waals surface area contributed by atoms with Crippen LogP contribution < -0.4 is 4.90 Å². The fraction of sp³-hybridized carbons (Fsp3) is 0.324. The Kier molecular flexibility index (Phi) is 8.33. The van der Waals surface area contributed by atoms with Crippen LogP contribution >= 0.6 is 11.6 Å². The molecule has 1 aliphatic carbocycles. The minimum Gasteiger partial charge on any atom is -0.508 e. The molecule has 0 bridgehead atoms. The van der Waals surface area contributed by atoms with Gasteiger partial charge in [0.1, 0.15) is 5.75 Å². The smallest absolute Gasteiger partial charge is 0.271 e. The second kappa shape index (κ2) is 12.3. The number of hydrogen-bond acceptors (Lipinski definition) is 7. The molecular formula is C34H32ClN3O6. The SMILES string of the molecule is CCCC1=C2[C@@H](CC/C(=C/c3ccc(O)cc3Cl)c3ccccn3)OC[C@@H]2[C@@H]2C(=O)N(c3cccc([N+](=O)[O-])c3)C(=O)[C@@H]2C1. The van der Waals surface area contributed by atoms with Crippen LogP contribution in [0, 0.1) is 27.9 Å². The Morgan fingerprint density at radius 1 is 1.14 bits per heavy atom. The minimum atomic E-state index is -0.566. The number of pyridine rings is 1. The highest BCUT2D eigenvalue weighted by Gasteiger charge is 2.57. The summed E-state index contributed by atoms with van der Waals surface area (Å²) < 4.78 is 6.40. The van der Waals surface area contributed by atoms with E-state index in [0.29, 0.717) is 30.9 Å². The van der Waals surface area contributed by atoms with Gasteiger partial charge in [0.25, 0.3) is 5.69 Å². The van der Waals surface area contributed by atoms with Crippen molar-refractivity contribution in [2.45, 2.75) is 45.1 Å². The molecule has 3 heterocycles. The van der Waals surface area contributed by atoms with E-state index in [1.54, 1.807) is 24.4 Å². The summed E-state index contributed by atoms with van der Waals surface area (Å²) >= 11 is 6.44. The standard InChI is InChI=1S/C34H32ClN3O6/c1-2-6-22-16-26-32(34(41)37(33(26)40)23-7-5-8-24(17-23)38(42)43)27-19-44-30(31(22)27)13-11-21(29-9-3-4-14-36-29)15-20-10-12-25(39)18-28(20)35/h3-5,7-10,12,14-15,17-18,26-27,30,32,39H,2,6,11,13,16,19H2,1H3/b21-15-/t26-,27+,30-,32-/m1/s1. The first-order chi connectivity index (χ1) is 21.3. The number of non-ortho nitro benzene ring substituents is 1. The number of imide groups is 1. The molecule has 4 atom stereocenters. The van der Waals surface area contributed by atoms with E-state index in [9.17, 15) is 24.8 Å². The van der Waals surface area contributed by atoms with Crippen molar-refractivity contribution in [3.8, 4) is 5.75 Å². The lowest BCUT2D eigenvalue weighted by molar-refractivity contribution is -0.384. The van der Waals surface area contributed by atoms with Gasteiger partial charge in [0, 0.05) is 24.2 Å². The second-order valence-electron chi connectivity index (χ2n) is 11.5. The number of phenolic OH excluding ortho intramolecular Hbond substituents is 1. The van der Waals surface area contributed by atoms with Crippen LogP contribution in [0.3, 0.4) is 0 Å². The van der Waals surface area contributed by atoms with Gasteiger partial charge < -0.3 is 9.84 Å². The first-order valence-electron chi connectivity index (χ1n) is 14.8. The van der Waals surface area contributed by atoms with Gasteiger partial charge in [0.15, 0.2) is 0 Å². The van der Waals surface area contributed by atoms with Crippen molar-refractivity contribution in [1.29, 1.82) is 0 Å². The van der Waals surface area contributed by atoms with Crippen molar-refractivity contribution >= 4 is 46.4 Å². The molecule has 3 aliphatic rings. The number of benzene rings is 2.